The number of aromatic carboxylic acids is 1. The van der Waals surface area contributed by atoms with Gasteiger partial charge in [0.2, 0.25) is 0 Å². The van der Waals surface area contributed by atoms with Crippen LogP contribution in [0.1, 0.15) is 20.8 Å². The molecule has 0 N–H and O–H groups in total. The van der Waals surface area contributed by atoms with Crippen molar-refractivity contribution in [3.05, 3.63) is 29.6 Å². The van der Waals surface area contributed by atoms with Gasteiger partial charge in [0.1, 0.15) is 0 Å². The molecule has 0 atom stereocenters. The number of aromatic nitrogens is 1. The van der Waals surface area contributed by atoms with E-state index in [0.29, 0.717) is 0 Å². The first kappa shape index (κ1) is 9.18. The summed E-state index contributed by atoms with van der Waals surface area (Å²) in [6, 6.07) is 2.46. The van der Waals surface area contributed by atoms with E-state index in [1.165, 1.54) is 19.4 Å². The van der Waals surface area contributed by atoms with Crippen LogP contribution < -0.4 is 5.11 Å². The van der Waals surface area contributed by atoms with E-state index in [9.17, 15) is 14.7 Å². The quantitative estimate of drug-likeness (QED) is 0.558. The molecule has 0 aliphatic carbocycles. The van der Waals surface area contributed by atoms with Crippen LogP contribution in [-0.4, -0.2) is 24.0 Å². The summed E-state index contributed by atoms with van der Waals surface area (Å²) in [5, 5.41) is 10.3. The highest BCUT2D eigenvalue weighted by Gasteiger charge is 2.06. The lowest BCUT2D eigenvalue weighted by Crippen LogP contribution is -2.23. The van der Waals surface area contributed by atoms with Gasteiger partial charge in [0.15, 0.2) is 0 Å². The molecule has 5 nitrogen and oxygen atoms in total. The van der Waals surface area contributed by atoms with E-state index in [2.05, 4.69) is 9.72 Å². The minimum Gasteiger partial charge on any atom is -0.543 e. The normalized spacial score (nSPS) is 9.31. The molecule has 0 aromatic carbocycles. The average Bonchev–Trinajstić information content (AvgIpc) is 2.17. The fourth-order valence-corrected chi connectivity index (χ4v) is 0.787. The molecular weight excluding hydrogens is 174 g/mol. The fourth-order valence-electron chi connectivity index (χ4n) is 0.787. The van der Waals surface area contributed by atoms with Crippen molar-refractivity contribution in [2.45, 2.75) is 0 Å². The van der Waals surface area contributed by atoms with E-state index in [4.69, 9.17) is 0 Å². The molecule has 0 saturated carbocycles. The van der Waals surface area contributed by atoms with Crippen LogP contribution in [0.3, 0.4) is 0 Å². The zero-order valence-electron chi connectivity index (χ0n) is 6.81. The summed E-state index contributed by atoms with van der Waals surface area (Å²) in [6.07, 6.45) is 1.21. The first-order chi connectivity index (χ1) is 6.15. The van der Waals surface area contributed by atoms with Gasteiger partial charge in [0.25, 0.3) is 0 Å². The van der Waals surface area contributed by atoms with Gasteiger partial charge in [-0.1, -0.05) is 0 Å². The molecule has 0 radical (unpaired) electrons. The number of carboxylic acid groups (broad SMARTS) is 1. The summed E-state index contributed by atoms with van der Waals surface area (Å²) < 4.78 is 4.39. The minimum absolute atomic E-state index is 0.136. The number of hydrogen-bond acceptors (Lipinski definition) is 5. The predicted molar refractivity (Wildman–Crippen MR) is 39.9 cm³/mol. The Bertz CT molecular complexity index is 348. The van der Waals surface area contributed by atoms with Gasteiger partial charge >= 0.3 is 5.97 Å². The van der Waals surface area contributed by atoms with Crippen LogP contribution in [0, 0.1) is 0 Å². The van der Waals surface area contributed by atoms with Gasteiger partial charge < -0.3 is 14.6 Å². The van der Waals surface area contributed by atoms with Crippen molar-refractivity contribution >= 4 is 11.9 Å². The van der Waals surface area contributed by atoms with Crippen LogP contribution >= 0.6 is 0 Å². The number of carbonyl (C=O) groups is 2. The summed E-state index contributed by atoms with van der Waals surface area (Å²) in [6.45, 7) is 0. The van der Waals surface area contributed by atoms with Crippen molar-refractivity contribution in [3.63, 3.8) is 0 Å². The molecule has 0 aliphatic heterocycles. The third kappa shape index (κ3) is 2.02. The zero-order chi connectivity index (χ0) is 9.84. The van der Waals surface area contributed by atoms with Crippen molar-refractivity contribution < 1.29 is 19.4 Å². The topological polar surface area (TPSA) is 79.3 Å². The summed E-state index contributed by atoms with van der Waals surface area (Å²) in [4.78, 5) is 24.7. The van der Waals surface area contributed by atoms with Gasteiger partial charge in [-0.2, -0.15) is 0 Å². The first-order valence-electron chi connectivity index (χ1n) is 3.41. The molecular formula is C8H6NO4-. The molecule has 5 heteroatoms. The van der Waals surface area contributed by atoms with E-state index < -0.39 is 11.9 Å². The first-order valence-corrected chi connectivity index (χ1v) is 3.41. The number of nitrogens with zero attached hydrogens (tertiary/aromatic N) is 1. The summed E-state index contributed by atoms with van der Waals surface area (Å²) >= 11 is 0. The second kappa shape index (κ2) is 3.66. The Hall–Kier alpha value is -1.91. The van der Waals surface area contributed by atoms with Gasteiger partial charge in [0.05, 0.1) is 24.3 Å². The van der Waals surface area contributed by atoms with Crippen molar-refractivity contribution in [2.75, 3.05) is 7.11 Å². The maximum absolute atomic E-state index is 10.9. The lowest BCUT2D eigenvalue weighted by molar-refractivity contribution is -0.255. The standard InChI is InChI=1S/C8H7NO4/c1-13-8(12)5-2-3-9-6(4-5)7(10)11/h2-4H,1H3,(H,10,11)/p-1. The van der Waals surface area contributed by atoms with Crippen LogP contribution in [0.2, 0.25) is 0 Å². The zero-order valence-corrected chi connectivity index (χ0v) is 6.81. The van der Waals surface area contributed by atoms with Crippen LogP contribution in [0.5, 0.6) is 0 Å². The van der Waals surface area contributed by atoms with Crippen molar-refractivity contribution in [1.29, 1.82) is 0 Å². The third-order valence-electron chi connectivity index (χ3n) is 1.39. The summed E-state index contributed by atoms with van der Waals surface area (Å²) in [5.41, 5.74) is -0.153. The highest BCUT2D eigenvalue weighted by Crippen LogP contribution is 2.02. The Labute approximate surface area is 74.0 Å². The molecule has 1 aromatic rings. The maximum atomic E-state index is 10.9. The third-order valence-corrected chi connectivity index (χ3v) is 1.39. The Kier molecular flexibility index (Phi) is 2.59. The minimum atomic E-state index is -1.43. The lowest BCUT2D eigenvalue weighted by atomic mass is 10.2. The number of hydrogen-bond donors (Lipinski definition) is 0. The number of esters is 1. The van der Waals surface area contributed by atoms with E-state index in [1.807, 2.05) is 0 Å². The molecule has 13 heavy (non-hydrogen) atoms. The molecule has 68 valence electrons. The monoisotopic (exact) mass is 180 g/mol. The summed E-state index contributed by atoms with van der Waals surface area (Å²) in [7, 11) is 1.21. The van der Waals surface area contributed by atoms with Gasteiger partial charge in [0, 0.05) is 6.20 Å². The molecule has 1 heterocycles. The Balaban J connectivity index is 3.05. The molecule has 1 rings (SSSR count). The van der Waals surface area contributed by atoms with Crippen molar-refractivity contribution in [2.24, 2.45) is 0 Å². The smallest absolute Gasteiger partial charge is 0.337 e. The Morgan fingerprint density at radius 3 is 2.77 bits per heavy atom. The second-order valence-electron chi connectivity index (χ2n) is 2.21. The van der Waals surface area contributed by atoms with Crippen molar-refractivity contribution in [1.82, 2.24) is 4.98 Å². The highest BCUT2D eigenvalue weighted by molar-refractivity contribution is 5.92. The number of methoxy groups -OCH3 is 1. The largest absolute Gasteiger partial charge is 0.543 e. The number of rotatable bonds is 2. The number of ether oxygens (including phenoxy) is 1. The molecule has 0 saturated heterocycles. The van der Waals surface area contributed by atoms with Crippen LogP contribution in [0.25, 0.3) is 0 Å². The fraction of sp³-hybridized carbons (Fsp3) is 0.125. The summed E-state index contributed by atoms with van der Waals surface area (Å²) in [5.74, 6) is -2.03. The predicted octanol–water partition coefficient (Wildman–Crippen LogP) is -0.768. The van der Waals surface area contributed by atoms with Gasteiger partial charge in [-0.25, -0.2) is 4.79 Å². The number of carboxylic acids is 1. The average molecular weight is 180 g/mol. The van der Waals surface area contributed by atoms with Crippen LogP contribution in [0.15, 0.2) is 18.3 Å². The van der Waals surface area contributed by atoms with Gasteiger partial charge in [-0.3, -0.25) is 4.98 Å². The SMILES string of the molecule is COC(=O)c1ccnc(C(=O)[O-])c1. The van der Waals surface area contributed by atoms with Crippen LogP contribution in [0.4, 0.5) is 0 Å². The van der Waals surface area contributed by atoms with E-state index in [1.54, 1.807) is 0 Å². The Morgan fingerprint density at radius 2 is 2.23 bits per heavy atom. The molecule has 0 spiro atoms. The lowest BCUT2D eigenvalue weighted by Gasteiger charge is -2.02. The Morgan fingerprint density at radius 1 is 1.54 bits per heavy atom. The van der Waals surface area contributed by atoms with E-state index in [0.717, 1.165) is 6.07 Å². The number of carbonyl (C=O) groups excluding carboxylic acids is 2. The van der Waals surface area contributed by atoms with Gasteiger partial charge in [-0.15, -0.1) is 0 Å². The van der Waals surface area contributed by atoms with E-state index >= 15 is 0 Å². The van der Waals surface area contributed by atoms with Crippen LogP contribution in [-0.2, 0) is 4.74 Å². The van der Waals surface area contributed by atoms with Crippen molar-refractivity contribution in [3.8, 4) is 0 Å². The van der Waals surface area contributed by atoms with E-state index in [-0.39, 0.29) is 11.3 Å². The second-order valence-corrected chi connectivity index (χ2v) is 2.21. The maximum Gasteiger partial charge on any atom is 0.337 e. The molecule has 0 amide bonds. The molecule has 0 aliphatic rings. The molecule has 0 fully saturated rings. The highest BCUT2D eigenvalue weighted by atomic mass is 16.5. The molecule has 0 unspecified atom stereocenters. The molecule has 1 aromatic heterocycles. The van der Waals surface area contributed by atoms with Gasteiger partial charge in [-0.05, 0) is 12.1 Å². The molecule has 0 bridgehead atoms. The number of pyridine rings is 1.